The van der Waals surface area contributed by atoms with E-state index >= 15 is 0 Å². The lowest BCUT2D eigenvalue weighted by molar-refractivity contribution is 0.208. The van der Waals surface area contributed by atoms with Gasteiger partial charge in [-0.3, -0.25) is 0 Å². The van der Waals surface area contributed by atoms with E-state index in [1.807, 2.05) is 12.1 Å². The van der Waals surface area contributed by atoms with Crippen LogP contribution in [0.5, 0.6) is 0 Å². The first-order valence-electron chi connectivity index (χ1n) is 10.7. The first kappa shape index (κ1) is 19.5. The molecule has 0 spiro atoms. The van der Waals surface area contributed by atoms with Crippen LogP contribution in [0.15, 0.2) is 36.4 Å². The van der Waals surface area contributed by atoms with Gasteiger partial charge in [-0.2, -0.15) is 5.10 Å². The average Bonchev–Trinajstić information content (AvgIpc) is 3.04. The molecule has 1 aliphatic carbocycles. The molecule has 1 aromatic carbocycles. The molecular weight excluding hydrogens is 366 g/mol. The second-order valence-electron chi connectivity index (χ2n) is 7.92. The summed E-state index contributed by atoms with van der Waals surface area (Å²) in [5, 5.41) is 8.44. The Morgan fingerprint density at radius 3 is 2.64 bits per heavy atom. The third kappa shape index (κ3) is 4.26. The van der Waals surface area contributed by atoms with Crippen LogP contribution in [0.25, 0.3) is 17.8 Å². The zero-order valence-electron chi connectivity index (χ0n) is 16.8. The SMILES string of the molecule is CCCCN1CCC(c2nn(-c3ccc(Cl)cc3)c3/c2=C\C=C/CC/C=3)CC1. The number of nitrogens with zero attached hydrogens (tertiary/aromatic N) is 3. The average molecular weight is 396 g/mol. The molecule has 28 heavy (non-hydrogen) atoms. The summed E-state index contributed by atoms with van der Waals surface area (Å²) in [4.78, 5) is 2.62. The number of hydrogen-bond acceptors (Lipinski definition) is 2. The number of likely N-dealkylation sites (tertiary alicyclic amines) is 1. The van der Waals surface area contributed by atoms with Crippen molar-refractivity contribution in [2.24, 2.45) is 0 Å². The molecule has 2 aliphatic rings. The van der Waals surface area contributed by atoms with Crippen molar-refractivity contribution in [2.75, 3.05) is 19.6 Å². The highest BCUT2D eigenvalue weighted by molar-refractivity contribution is 6.30. The summed E-state index contributed by atoms with van der Waals surface area (Å²) >= 11 is 6.11. The lowest BCUT2D eigenvalue weighted by Crippen LogP contribution is -2.36. The molecule has 1 saturated heterocycles. The molecule has 2 aromatic rings. The highest BCUT2D eigenvalue weighted by Crippen LogP contribution is 2.25. The van der Waals surface area contributed by atoms with Gasteiger partial charge in [0.05, 0.1) is 16.7 Å². The second kappa shape index (κ2) is 9.11. The molecule has 4 rings (SSSR count). The molecule has 1 fully saturated rings. The van der Waals surface area contributed by atoms with E-state index in [9.17, 15) is 0 Å². The van der Waals surface area contributed by atoms with Gasteiger partial charge in [0, 0.05) is 16.2 Å². The van der Waals surface area contributed by atoms with Gasteiger partial charge in [0.15, 0.2) is 0 Å². The smallest absolute Gasteiger partial charge is 0.0739 e. The Morgan fingerprint density at radius 2 is 1.89 bits per heavy atom. The number of allylic oxidation sites excluding steroid dienone is 2. The summed E-state index contributed by atoms with van der Waals surface area (Å²) in [6.07, 6.45) is 16.2. The van der Waals surface area contributed by atoms with Gasteiger partial charge in [0.1, 0.15) is 0 Å². The van der Waals surface area contributed by atoms with E-state index in [0.29, 0.717) is 5.92 Å². The highest BCUT2D eigenvalue weighted by atomic mass is 35.5. The zero-order chi connectivity index (χ0) is 19.3. The van der Waals surface area contributed by atoms with Crippen LogP contribution in [0.1, 0.15) is 57.1 Å². The van der Waals surface area contributed by atoms with E-state index in [2.05, 4.69) is 52.9 Å². The molecule has 1 aliphatic heterocycles. The summed E-state index contributed by atoms with van der Waals surface area (Å²) < 4.78 is 2.13. The molecule has 4 heteroatoms. The minimum atomic E-state index is 0.539. The van der Waals surface area contributed by atoms with Crippen molar-refractivity contribution in [1.29, 1.82) is 0 Å². The first-order valence-corrected chi connectivity index (χ1v) is 11.1. The molecule has 0 saturated carbocycles. The molecule has 3 nitrogen and oxygen atoms in total. The van der Waals surface area contributed by atoms with Gasteiger partial charge in [-0.25, -0.2) is 4.68 Å². The van der Waals surface area contributed by atoms with Gasteiger partial charge in [-0.05, 0) is 76.0 Å². The molecule has 0 radical (unpaired) electrons. The monoisotopic (exact) mass is 395 g/mol. The van der Waals surface area contributed by atoms with Crippen molar-refractivity contribution >= 4 is 23.8 Å². The summed E-state index contributed by atoms with van der Waals surface area (Å²) in [5.41, 5.74) is 2.35. The minimum Gasteiger partial charge on any atom is -0.303 e. The van der Waals surface area contributed by atoms with Crippen LogP contribution in [0.3, 0.4) is 0 Å². The van der Waals surface area contributed by atoms with Crippen molar-refractivity contribution in [1.82, 2.24) is 14.7 Å². The van der Waals surface area contributed by atoms with Crippen LogP contribution in [-0.4, -0.2) is 34.3 Å². The molecule has 0 atom stereocenters. The van der Waals surface area contributed by atoms with Crippen LogP contribution in [0, 0.1) is 0 Å². The number of hydrogen-bond donors (Lipinski definition) is 0. The van der Waals surface area contributed by atoms with Crippen LogP contribution in [0.2, 0.25) is 5.02 Å². The minimum absolute atomic E-state index is 0.539. The number of unbranched alkanes of at least 4 members (excludes halogenated alkanes) is 1. The number of fused-ring (bicyclic) bond motifs is 1. The van der Waals surface area contributed by atoms with Crippen molar-refractivity contribution in [3.05, 3.63) is 57.7 Å². The van der Waals surface area contributed by atoms with Crippen molar-refractivity contribution in [2.45, 2.75) is 51.4 Å². The van der Waals surface area contributed by atoms with E-state index in [1.54, 1.807) is 0 Å². The highest BCUT2D eigenvalue weighted by Gasteiger charge is 2.24. The molecule has 0 unspecified atom stereocenters. The fourth-order valence-corrected chi connectivity index (χ4v) is 4.42. The van der Waals surface area contributed by atoms with E-state index < -0.39 is 0 Å². The van der Waals surface area contributed by atoms with E-state index in [4.69, 9.17) is 16.7 Å². The Kier molecular flexibility index (Phi) is 6.33. The number of piperidine rings is 1. The van der Waals surface area contributed by atoms with E-state index in [0.717, 1.165) is 23.6 Å². The van der Waals surface area contributed by atoms with Gasteiger partial charge in [0.2, 0.25) is 0 Å². The van der Waals surface area contributed by atoms with E-state index in [-0.39, 0.29) is 0 Å². The number of benzene rings is 1. The van der Waals surface area contributed by atoms with E-state index in [1.165, 1.54) is 61.6 Å². The Labute approximate surface area is 173 Å². The molecule has 148 valence electrons. The Morgan fingerprint density at radius 1 is 1.11 bits per heavy atom. The fourth-order valence-electron chi connectivity index (χ4n) is 4.30. The van der Waals surface area contributed by atoms with Gasteiger partial charge >= 0.3 is 0 Å². The lowest BCUT2D eigenvalue weighted by atomic mass is 9.92. The Bertz CT molecular complexity index is 931. The van der Waals surface area contributed by atoms with Gasteiger partial charge in [0.25, 0.3) is 0 Å². The lowest BCUT2D eigenvalue weighted by Gasteiger charge is -2.31. The quantitative estimate of drug-likeness (QED) is 0.747. The molecule has 2 heterocycles. The van der Waals surface area contributed by atoms with Crippen LogP contribution >= 0.6 is 11.6 Å². The van der Waals surface area contributed by atoms with Crippen LogP contribution in [-0.2, 0) is 0 Å². The van der Waals surface area contributed by atoms with Gasteiger partial charge in [-0.1, -0.05) is 49.2 Å². The zero-order valence-corrected chi connectivity index (χ0v) is 17.5. The molecule has 0 N–H and O–H groups in total. The fraction of sp³-hybridized carbons (Fsp3) is 0.458. The summed E-state index contributed by atoms with van der Waals surface area (Å²) in [6, 6.07) is 8.02. The number of halogens is 1. The maximum atomic E-state index is 6.11. The molecule has 1 aromatic heterocycles. The van der Waals surface area contributed by atoms with Crippen LogP contribution in [0.4, 0.5) is 0 Å². The molecule has 0 bridgehead atoms. The molecular formula is C24H30ClN3. The van der Waals surface area contributed by atoms with Crippen molar-refractivity contribution in [3.63, 3.8) is 0 Å². The number of aromatic nitrogens is 2. The molecule has 0 amide bonds. The predicted octanol–water partition coefficient (Wildman–Crippen LogP) is 4.42. The Hall–Kier alpha value is -1.84. The largest absolute Gasteiger partial charge is 0.303 e. The summed E-state index contributed by atoms with van der Waals surface area (Å²) in [6.45, 7) is 5.89. The maximum absolute atomic E-state index is 6.11. The van der Waals surface area contributed by atoms with Crippen LogP contribution < -0.4 is 10.6 Å². The predicted molar refractivity (Wildman–Crippen MR) is 118 cm³/mol. The number of rotatable bonds is 5. The first-order chi connectivity index (χ1) is 13.8. The standard InChI is InChI=1S/C24H30ClN3/c1-2-3-16-27-17-14-19(15-18-27)24-22-8-6-4-5-7-9-23(22)28(26-24)21-12-10-20(25)11-13-21/h4,6,8-13,19H,2-3,5,7,14-18H2,1H3/b6-4-,22-8+,23-9-. The van der Waals surface area contributed by atoms with Gasteiger partial charge < -0.3 is 4.90 Å². The topological polar surface area (TPSA) is 21.1 Å². The third-order valence-electron chi connectivity index (χ3n) is 5.93. The van der Waals surface area contributed by atoms with Gasteiger partial charge in [-0.15, -0.1) is 0 Å². The second-order valence-corrected chi connectivity index (χ2v) is 8.35. The summed E-state index contributed by atoms with van der Waals surface area (Å²) in [5.74, 6) is 0.539. The normalized spacial score (nSPS) is 21.6. The van der Waals surface area contributed by atoms with Crippen molar-refractivity contribution < 1.29 is 0 Å². The third-order valence-corrected chi connectivity index (χ3v) is 6.18. The van der Waals surface area contributed by atoms with Crippen molar-refractivity contribution in [3.8, 4) is 5.69 Å². The summed E-state index contributed by atoms with van der Waals surface area (Å²) in [7, 11) is 0. The maximum Gasteiger partial charge on any atom is 0.0739 e. The Balaban J connectivity index is 1.70.